The third-order valence-corrected chi connectivity index (χ3v) is 7.81. The van der Waals surface area contributed by atoms with Gasteiger partial charge < -0.3 is 25.2 Å². The van der Waals surface area contributed by atoms with E-state index in [2.05, 4.69) is 15.4 Å². The zero-order valence-corrected chi connectivity index (χ0v) is 21.8. The molecule has 0 radical (unpaired) electrons. The number of hydrogen-bond acceptors (Lipinski definition) is 9. The molecule has 194 valence electrons. The van der Waals surface area contributed by atoms with Crippen LogP contribution in [0.25, 0.3) is 0 Å². The van der Waals surface area contributed by atoms with E-state index < -0.39 is 31.5 Å². The first-order valence-corrected chi connectivity index (χ1v) is 13.5. The van der Waals surface area contributed by atoms with Gasteiger partial charge in [0.2, 0.25) is 10.0 Å². The fourth-order valence-electron chi connectivity index (χ4n) is 4.00. The summed E-state index contributed by atoms with van der Waals surface area (Å²) in [5, 5.41) is 16.3. The summed E-state index contributed by atoms with van der Waals surface area (Å²) in [4.78, 5) is 24.1. The Hall–Kier alpha value is -2.18. The second kappa shape index (κ2) is 11.3. The Morgan fingerprint density at radius 2 is 1.89 bits per heavy atom. The van der Waals surface area contributed by atoms with Crippen LogP contribution >= 0.6 is 11.6 Å². The molecule has 1 saturated heterocycles. The molecule has 1 heterocycles. The van der Waals surface area contributed by atoms with Crippen LogP contribution in [0.3, 0.4) is 0 Å². The van der Waals surface area contributed by atoms with Gasteiger partial charge in [0.15, 0.2) is 5.75 Å². The number of sulfonamides is 1. The highest BCUT2D eigenvalue weighted by atomic mass is 35.5. The minimum absolute atomic E-state index is 0.0274. The van der Waals surface area contributed by atoms with Gasteiger partial charge in [0.05, 0.1) is 41.7 Å². The van der Waals surface area contributed by atoms with Crippen LogP contribution in [0.15, 0.2) is 26.6 Å². The number of aromatic hydroxyl groups is 1. The Labute approximate surface area is 209 Å². The van der Waals surface area contributed by atoms with E-state index in [9.17, 15) is 23.1 Å². The van der Waals surface area contributed by atoms with Crippen LogP contribution in [0.4, 0.5) is 17.1 Å². The molecule has 3 atom stereocenters. The number of halogens is 1. The van der Waals surface area contributed by atoms with Crippen molar-refractivity contribution in [3.63, 3.8) is 0 Å². The van der Waals surface area contributed by atoms with E-state index in [-0.39, 0.29) is 59.6 Å². The normalized spacial score (nSPS) is 19.4. The van der Waals surface area contributed by atoms with E-state index in [0.717, 1.165) is 12.8 Å². The van der Waals surface area contributed by atoms with Crippen molar-refractivity contribution >= 4 is 38.7 Å². The van der Waals surface area contributed by atoms with Crippen LogP contribution in [0, 0.1) is 0 Å². The first kappa shape index (κ1) is 27.4. The molecule has 2 aromatic carbocycles. The summed E-state index contributed by atoms with van der Waals surface area (Å²) in [7, 11) is -4.20. The van der Waals surface area contributed by atoms with Gasteiger partial charge >= 0.3 is 0 Å². The average molecular weight is 530 g/mol. The number of nitrogens with one attached hydrogen (secondary N) is 3. The van der Waals surface area contributed by atoms with Crippen LogP contribution in [0.1, 0.15) is 47.0 Å². The molecule has 10 nitrogen and oxygen atoms in total. The molecule has 2 aromatic rings. The van der Waals surface area contributed by atoms with E-state index in [1.54, 1.807) is 0 Å². The molecule has 35 heavy (non-hydrogen) atoms. The second-order valence-corrected chi connectivity index (χ2v) is 11.0. The molecular weight excluding hydrogens is 498 g/mol. The van der Waals surface area contributed by atoms with Crippen LogP contribution in [-0.4, -0.2) is 51.0 Å². The topological polar surface area (TPSA) is 143 Å². The minimum Gasteiger partial charge on any atom is -0.504 e. The Bertz CT molecular complexity index is 1220. The molecule has 0 aromatic heterocycles. The average Bonchev–Trinajstić information content (AvgIpc) is 3.23. The molecular formula is C23H32ClN3O7S. The standard InChI is InChI=1S/C23H32ClN3O7S/c1-5-15(17-9-6-13(4)34-17)26-18-19(22(30)21(18)29)27-16-8-7-14(24)23(20(16)28)35(31,32)25-10-11-33-12(2)3/h7-8,12-13,15,17,25-28H,5-6,9-11H2,1-4H3/t13-,15-,17-/m1/s1. The van der Waals surface area contributed by atoms with Gasteiger partial charge in [-0.25, -0.2) is 13.1 Å². The predicted molar refractivity (Wildman–Crippen MR) is 135 cm³/mol. The minimum atomic E-state index is -4.20. The van der Waals surface area contributed by atoms with Crippen molar-refractivity contribution in [1.82, 2.24) is 4.72 Å². The third kappa shape index (κ3) is 6.15. The van der Waals surface area contributed by atoms with E-state index in [4.69, 9.17) is 21.1 Å². The van der Waals surface area contributed by atoms with Crippen molar-refractivity contribution < 1.29 is 23.0 Å². The van der Waals surface area contributed by atoms with Crippen LogP contribution in [0.2, 0.25) is 5.02 Å². The number of hydrogen-bond donors (Lipinski definition) is 4. The first-order valence-electron chi connectivity index (χ1n) is 11.6. The largest absolute Gasteiger partial charge is 0.504 e. The lowest BCUT2D eigenvalue weighted by atomic mass is 10.0. The van der Waals surface area contributed by atoms with Gasteiger partial charge in [-0.15, -0.1) is 0 Å². The number of ether oxygens (including phenoxy) is 2. The number of benzene rings is 1. The number of anilines is 3. The summed E-state index contributed by atoms with van der Waals surface area (Å²) >= 11 is 6.09. The number of phenolic OH excluding ortho intramolecular Hbond substituents is 1. The van der Waals surface area contributed by atoms with Gasteiger partial charge in [-0.1, -0.05) is 18.5 Å². The fraction of sp³-hybridized carbons (Fsp3) is 0.565. The Morgan fingerprint density at radius 3 is 2.49 bits per heavy atom. The van der Waals surface area contributed by atoms with Gasteiger partial charge in [0.1, 0.15) is 16.3 Å². The van der Waals surface area contributed by atoms with Crippen molar-refractivity contribution in [2.24, 2.45) is 0 Å². The zero-order valence-electron chi connectivity index (χ0n) is 20.2. The molecule has 0 spiro atoms. The molecule has 0 bridgehead atoms. The highest BCUT2D eigenvalue weighted by Gasteiger charge is 2.32. The maximum atomic E-state index is 12.8. The second-order valence-electron chi connectivity index (χ2n) is 8.84. The van der Waals surface area contributed by atoms with E-state index in [1.165, 1.54) is 12.1 Å². The molecule has 0 amide bonds. The van der Waals surface area contributed by atoms with E-state index >= 15 is 0 Å². The van der Waals surface area contributed by atoms with Crippen LogP contribution in [0.5, 0.6) is 5.75 Å². The van der Waals surface area contributed by atoms with Gasteiger partial charge in [-0.2, -0.15) is 0 Å². The molecule has 1 aliphatic heterocycles. The van der Waals surface area contributed by atoms with Crippen molar-refractivity contribution in [1.29, 1.82) is 0 Å². The van der Waals surface area contributed by atoms with Crippen molar-refractivity contribution in [2.75, 3.05) is 23.8 Å². The van der Waals surface area contributed by atoms with E-state index in [1.807, 2.05) is 27.7 Å². The monoisotopic (exact) mass is 529 g/mol. The summed E-state index contributed by atoms with van der Waals surface area (Å²) in [6.45, 7) is 7.68. The smallest absolute Gasteiger partial charge is 0.253 e. The van der Waals surface area contributed by atoms with Gasteiger partial charge in [0.25, 0.3) is 10.9 Å². The molecule has 0 saturated carbocycles. The van der Waals surface area contributed by atoms with E-state index in [0.29, 0.717) is 6.42 Å². The van der Waals surface area contributed by atoms with Crippen molar-refractivity contribution in [2.45, 2.75) is 76.2 Å². The van der Waals surface area contributed by atoms with Crippen molar-refractivity contribution in [3.8, 4) is 5.75 Å². The van der Waals surface area contributed by atoms with Crippen LogP contribution in [-0.2, 0) is 19.5 Å². The lowest BCUT2D eigenvalue weighted by molar-refractivity contribution is 0.0438. The maximum Gasteiger partial charge on any atom is 0.253 e. The third-order valence-electron chi connectivity index (χ3n) is 5.85. The fourth-order valence-corrected chi connectivity index (χ4v) is 5.64. The van der Waals surface area contributed by atoms with Crippen molar-refractivity contribution in [3.05, 3.63) is 37.6 Å². The lowest BCUT2D eigenvalue weighted by Gasteiger charge is -2.26. The summed E-state index contributed by atoms with van der Waals surface area (Å²) < 4.78 is 39.1. The summed E-state index contributed by atoms with van der Waals surface area (Å²) in [6.07, 6.45) is 2.36. The summed E-state index contributed by atoms with van der Waals surface area (Å²) in [5.41, 5.74) is -1.52. The van der Waals surface area contributed by atoms with Crippen LogP contribution < -0.4 is 26.2 Å². The molecule has 1 aliphatic rings. The van der Waals surface area contributed by atoms with Gasteiger partial charge in [-0.3, -0.25) is 9.59 Å². The molecule has 4 N–H and O–H groups in total. The SMILES string of the molecule is CC[C@@H](Nc1c(Nc2ccc(Cl)c(S(=O)(=O)NCCOC(C)C)c2O)c(=O)c1=O)[C@H]1CC[C@@H](C)O1. The number of rotatable bonds is 12. The molecule has 0 unspecified atom stereocenters. The Balaban J connectivity index is 1.82. The predicted octanol–water partition coefficient (Wildman–Crippen LogP) is 2.85. The Kier molecular flexibility index (Phi) is 8.81. The molecule has 0 aliphatic carbocycles. The molecule has 1 fully saturated rings. The lowest BCUT2D eigenvalue weighted by Crippen LogP contribution is -2.42. The number of phenols is 1. The molecule has 12 heteroatoms. The highest BCUT2D eigenvalue weighted by molar-refractivity contribution is 7.89. The molecule has 3 rings (SSSR count). The first-order chi connectivity index (χ1) is 16.5. The summed E-state index contributed by atoms with van der Waals surface area (Å²) in [5.74, 6) is -0.672. The quantitative estimate of drug-likeness (QED) is 0.185. The zero-order chi connectivity index (χ0) is 25.9. The van der Waals surface area contributed by atoms with Gasteiger partial charge in [0, 0.05) is 6.54 Å². The summed E-state index contributed by atoms with van der Waals surface area (Å²) in [6, 6.07) is 2.43. The maximum absolute atomic E-state index is 12.8. The van der Waals surface area contributed by atoms with Gasteiger partial charge in [-0.05, 0) is 52.2 Å². The highest BCUT2D eigenvalue weighted by Crippen LogP contribution is 2.38. The Morgan fingerprint density at radius 1 is 1.20 bits per heavy atom.